The first kappa shape index (κ1) is 10.7. The van der Waals surface area contributed by atoms with E-state index in [0.717, 1.165) is 5.76 Å². The molecule has 0 bridgehead atoms. The summed E-state index contributed by atoms with van der Waals surface area (Å²) in [5.41, 5.74) is -1.02. The zero-order valence-corrected chi connectivity index (χ0v) is 9.84. The third-order valence-electron chi connectivity index (χ3n) is 1.66. The van der Waals surface area contributed by atoms with Gasteiger partial charge in [-0.3, -0.25) is 0 Å². The summed E-state index contributed by atoms with van der Waals surface area (Å²) in [6.07, 6.45) is 0. The average molecular weight is 248 g/mol. The molecule has 1 rings (SSSR count). The van der Waals surface area contributed by atoms with Crippen LogP contribution in [0.4, 0.5) is 0 Å². The molecule has 0 saturated heterocycles. The minimum Gasteiger partial charge on any atom is -0.441 e. The monoisotopic (exact) mass is 247 g/mol. The highest BCUT2D eigenvalue weighted by atomic mass is 79.9. The molecule has 0 spiro atoms. The third kappa shape index (κ3) is 2.31. The smallest absolute Gasteiger partial charge is 0.226 e. The van der Waals surface area contributed by atoms with Crippen LogP contribution in [0.3, 0.4) is 0 Å². The normalized spacial score (nSPS) is 12.5. The van der Waals surface area contributed by atoms with Gasteiger partial charge in [0, 0.05) is 5.92 Å². The van der Waals surface area contributed by atoms with Crippen molar-refractivity contribution in [2.24, 2.45) is 0 Å². The van der Waals surface area contributed by atoms with Crippen molar-refractivity contribution in [3.63, 3.8) is 0 Å². The largest absolute Gasteiger partial charge is 0.441 e. The number of nitrogens with zero attached hydrogens (tertiary/aromatic N) is 1. The number of hydrogen-bond donors (Lipinski definition) is 1. The van der Waals surface area contributed by atoms with Crippen molar-refractivity contribution in [3.05, 3.63) is 16.3 Å². The van der Waals surface area contributed by atoms with E-state index in [4.69, 9.17) is 4.42 Å². The molecule has 0 amide bonds. The molecule has 0 aromatic carbocycles. The Kier molecular flexibility index (Phi) is 2.82. The van der Waals surface area contributed by atoms with Crippen LogP contribution in [0.2, 0.25) is 0 Å². The number of halogens is 1. The van der Waals surface area contributed by atoms with Crippen molar-refractivity contribution >= 4 is 15.9 Å². The number of hydrogen-bond acceptors (Lipinski definition) is 3. The Labute approximate surface area is 86.3 Å². The lowest BCUT2D eigenvalue weighted by Gasteiger charge is -2.11. The van der Waals surface area contributed by atoms with Gasteiger partial charge >= 0.3 is 0 Å². The molecule has 74 valence electrons. The van der Waals surface area contributed by atoms with Gasteiger partial charge in [0.1, 0.15) is 16.0 Å². The van der Waals surface area contributed by atoms with E-state index < -0.39 is 5.60 Å². The summed E-state index contributed by atoms with van der Waals surface area (Å²) in [4.78, 5) is 4.10. The zero-order valence-electron chi connectivity index (χ0n) is 8.26. The van der Waals surface area contributed by atoms with Gasteiger partial charge in [-0.2, -0.15) is 0 Å². The van der Waals surface area contributed by atoms with Crippen molar-refractivity contribution in [2.75, 3.05) is 0 Å². The number of aliphatic hydroxyl groups is 1. The van der Waals surface area contributed by atoms with Gasteiger partial charge in [-0.1, -0.05) is 13.8 Å². The Bertz CT molecular complexity index is 299. The minimum atomic E-state index is -1.02. The van der Waals surface area contributed by atoms with Crippen molar-refractivity contribution in [1.29, 1.82) is 0 Å². The molecule has 0 aliphatic carbocycles. The van der Waals surface area contributed by atoms with Gasteiger partial charge in [-0.05, 0) is 29.8 Å². The summed E-state index contributed by atoms with van der Waals surface area (Å²) in [5.74, 6) is 1.39. The molecule has 1 heterocycles. The highest BCUT2D eigenvalue weighted by Gasteiger charge is 2.25. The lowest BCUT2D eigenvalue weighted by atomic mass is 10.1. The van der Waals surface area contributed by atoms with Crippen molar-refractivity contribution in [2.45, 2.75) is 39.2 Å². The molecular formula is C9H14BrNO2. The maximum atomic E-state index is 9.63. The molecule has 3 nitrogen and oxygen atoms in total. The maximum absolute atomic E-state index is 9.63. The first-order chi connectivity index (χ1) is 5.82. The van der Waals surface area contributed by atoms with E-state index in [1.807, 2.05) is 13.8 Å². The topological polar surface area (TPSA) is 46.3 Å². The fourth-order valence-corrected chi connectivity index (χ4v) is 1.63. The van der Waals surface area contributed by atoms with Gasteiger partial charge in [0.15, 0.2) is 0 Å². The lowest BCUT2D eigenvalue weighted by Crippen LogP contribution is -2.15. The van der Waals surface area contributed by atoms with Crippen LogP contribution < -0.4 is 0 Å². The Balaban J connectivity index is 3.10. The molecule has 1 aromatic heterocycles. The van der Waals surface area contributed by atoms with Crippen LogP contribution in [0.25, 0.3) is 0 Å². The van der Waals surface area contributed by atoms with E-state index in [1.54, 1.807) is 13.8 Å². The molecule has 0 atom stereocenters. The molecule has 0 aliphatic rings. The second-order valence-corrected chi connectivity index (χ2v) is 4.64. The van der Waals surface area contributed by atoms with Gasteiger partial charge < -0.3 is 9.52 Å². The average Bonchev–Trinajstić information content (AvgIpc) is 2.29. The first-order valence-corrected chi connectivity index (χ1v) is 5.00. The lowest BCUT2D eigenvalue weighted by molar-refractivity contribution is 0.0468. The fraction of sp³-hybridized carbons (Fsp3) is 0.667. The van der Waals surface area contributed by atoms with E-state index in [-0.39, 0.29) is 5.92 Å². The second-order valence-electron chi connectivity index (χ2n) is 3.89. The summed E-state index contributed by atoms with van der Waals surface area (Å²) in [7, 11) is 0. The van der Waals surface area contributed by atoms with Crippen LogP contribution in [-0.4, -0.2) is 10.1 Å². The quantitative estimate of drug-likeness (QED) is 0.875. The molecule has 1 aromatic rings. The molecule has 0 fully saturated rings. The Hall–Kier alpha value is -0.350. The highest BCUT2D eigenvalue weighted by molar-refractivity contribution is 9.10. The van der Waals surface area contributed by atoms with Crippen LogP contribution in [0, 0.1) is 0 Å². The van der Waals surface area contributed by atoms with Crippen molar-refractivity contribution in [1.82, 2.24) is 4.98 Å². The minimum absolute atomic E-state index is 0.262. The van der Waals surface area contributed by atoms with Crippen LogP contribution in [0.15, 0.2) is 9.02 Å². The molecule has 1 N–H and O–H groups in total. The number of aromatic nitrogens is 1. The molecule has 0 unspecified atom stereocenters. The van der Waals surface area contributed by atoms with E-state index in [2.05, 4.69) is 20.9 Å². The molecule has 0 aliphatic heterocycles. The van der Waals surface area contributed by atoms with Crippen LogP contribution in [0.1, 0.15) is 45.3 Å². The van der Waals surface area contributed by atoms with Crippen molar-refractivity contribution in [3.8, 4) is 0 Å². The summed E-state index contributed by atoms with van der Waals surface area (Å²) in [6.45, 7) is 7.32. The highest BCUT2D eigenvalue weighted by Crippen LogP contribution is 2.29. The van der Waals surface area contributed by atoms with Crippen molar-refractivity contribution < 1.29 is 9.52 Å². The molecular weight excluding hydrogens is 234 g/mol. The fourth-order valence-electron chi connectivity index (χ4n) is 0.931. The standard InChI is InChI=1S/C9H14BrNO2/c1-5(2)6-7(10)11-8(13-6)9(3,4)12/h5,12H,1-4H3. The van der Waals surface area contributed by atoms with Gasteiger partial charge in [0.25, 0.3) is 0 Å². The second kappa shape index (κ2) is 3.42. The molecule has 13 heavy (non-hydrogen) atoms. The van der Waals surface area contributed by atoms with Gasteiger partial charge in [0.2, 0.25) is 5.89 Å². The summed E-state index contributed by atoms with van der Waals surface area (Å²) in [5, 5.41) is 9.63. The van der Waals surface area contributed by atoms with Gasteiger partial charge in [-0.25, -0.2) is 4.98 Å². The summed E-state index contributed by atoms with van der Waals surface area (Å²) < 4.78 is 6.11. The van der Waals surface area contributed by atoms with E-state index in [0.29, 0.717) is 10.5 Å². The van der Waals surface area contributed by atoms with Crippen LogP contribution in [0.5, 0.6) is 0 Å². The molecule has 0 radical (unpaired) electrons. The number of rotatable bonds is 2. The summed E-state index contributed by atoms with van der Waals surface area (Å²) >= 11 is 3.29. The van der Waals surface area contributed by atoms with E-state index in [1.165, 1.54) is 0 Å². The maximum Gasteiger partial charge on any atom is 0.226 e. The third-order valence-corrected chi connectivity index (χ3v) is 2.23. The Morgan fingerprint density at radius 3 is 2.23 bits per heavy atom. The zero-order chi connectivity index (χ0) is 10.2. The predicted molar refractivity (Wildman–Crippen MR) is 53.5 cm³/mol. The van der Waals surface area contributed by atoms with E-state index >= 15 is 0 Å². The predicted octanol–water partition coefficient (Wildman–Crippen LogP) is 2.79. The Morgan fingerprint density at radius 1 is 1.46 bits per heavy atom. The van der Waals surface area contributed by atoms with Crippen LogP contribution >= 0.6 is 15.9 Å². The first-order valence-electron chi connectivity index (χ1n) is 4.21. The molecule has 4 heteroatoms. The molecule has 0 saturated carbocycles. The summed E-state index contributed by atoms with van der Waals surface area (Å²) in [6, 6.07) is 0. The van der Waals surface area contributed by atoms with Gasteiger partial charge in [-0.15, -0.1) is 0 Å². The van der Waals surface area contributed by atoms with Crippen LogP contribution in [-0.2, 0) is 5.60 Å². The Morgan fingerprint density at radius 2 is 2.00 bits per heavy atom. The van der Waals surface area contributed by atoms with E-state index in [9.17, 15) is 5.11 Å². The van der Waals surface area contributed by atoms with Gasteiger partial charge in [0.05, 0.1) is 0 Å². The number of oxazole rings is 1. The SMILES string of the molecule is CC(C)c1oc(C(C)(C)O)nc1Br.